The molecule has 1 unspecified atom stereocenters. The molecule has 0 bridgehead atoms. The zero-order valence-electron chi connectivity index (χ0n) is 15.1. The van der Waals surface area contributed by atoms with Gasteiger partial charge in [-0.05, 0) is 12.1 Å². The van der Waals surface area contributed by atoms with E-state index in [0.29, 0.717) is 38.9 Å². The normalized spacial score (nSPS) is 24.3. The van der Waals surface area contributed by atoms with Gasteiger partial charge in [-0.25, -0.2) is 15.0 Å². The maximum Gasteiger partial charge on any atom is 0.167 e. The number of hydrogen-bond acceptors (Lipinski definition) is 10. The van der Waals surface area contributed by atoms with Crippen LogP contribution in [0.15, 0.2) is 24.8 Å². The molecule has 1 saturated heterocycles. The summed E-state index contributed by atoms with van der Waals surface area (Å²) in [6, 6.07) is 3.29. The van der Waals surface area contributed by atoms with Crippen LogP contribution >= 0.6 is 11.6 Å². The smallest absolute Gasteiger partial charge is 0.167 e. The number of nitrogens with zero attached hydrogens (tertiary/aromatic N) is 4. The largest absolute Gasteiger partial charge is 0.398 e. The summed E-state index contributed by atoms with van der Waals surface area (Å²) in [6.45, 7) is -0.170. The van der Waals surface area contributed by atoms with E-state index in [0.717, 1.165) is 0 Å². The highest BCUT2D eigenvalue weighted by molar-refractivity contribution is 6.33. The molecule has 12 heteroatoms. The molecule has 0 saturated carbocycles. The quantitative estimate of drug-likeness (QED) is 0.304. The first-order valence-corrected chi connectivity index (χ1v) is 9.16. The van der Waals surface area contributed by atoms with Crippen molar-refractivity contribution in [3.63, 3.8) is 0 Å². The van der Waals surface area contributed by atoms with Crippen molar-refractivity contribution in [1.82, 2.24) is 19.5 Å². The Labute approximate surface area is 169 Å². The van der Waals surface area contributed by atoms with E-state index >= 15 is 0 Å². The van der Waals surface area contributed by atoms with Crippen LogP contribution in [0.5, 0.6) is 0 Å². The molecule has 11 nitrogen and oxygen atoms in total. The molecular weight excluding hydrogens is 402 g/mol. The second kappa shape index (κ2) is 7.61. The van der Waals surface area contributed by atoms with Crippen LogP contribution < -0.4 is 16.8 Å². The van der Waals surface area contributed by atoms with E-state index < -0.39 is 31.1 Å². The summed E-state index contributed by atoms with van der Waals surface area (Å²) in [5.74, 6) is 0.416. The number of anilines is 3. The molecule has 3 aromatic rings. The van der Waals surface area contributed by atoms with Gasteiger partial charge in [0, 0.05) is 17.8 Å². The zero-order chi connectivity index (χ0) is 20.7. The fourth-order valence-corrected chi connectivity index (χ4v) is 3.48. The van der Waals surface area contributed by atoms with Gasteiger partial charge in [-0.1, -0.05) is 11.6 Å². The van der Waals surface area contributed by atoms with Gasteiger partial charge in [-0.3, -0.25) is 4.57 Å². The summed E-state index contributed by atoms with van der Waals surface area (Å²) in [4.78, 5) is 12.7. The van der Waals surface area contributed by atoms with Crippen LogP contribution in [0.1, 0.15) is 11.8 Å². The number of aliphatic hydroxyl groups excluding tert-OH is 3. The molecule has 0 radical (unpaired) electrons. The average molecular weight is 422 g/mol. The van der Waals surface area contributed by atoms with Crippen LogP contribution in [-0.4, -0.2) is 59.8 Å². The molecule has 0 spiro atoms. The molecule has 8 N–H and O–H groups in total. The highest BCUT2D eigenvalue weighted by Gasteiger charge is 2.44. The second-order valence-corrected chi connectivity index (χ2v) is 7.06. The highest BCUT2D eigenvalue weighted by atomic mass is 35.5. The average Bonchev–Trinajstić information content (AvgIpc) is 3.26. The molecule has 1 fully saturated rings. The number of aliphatic hydroxyl groups is 3. The molecule has 0 amide bonds. The zero-order valence-corrected chi connectivity index (χ0v) is 15.9. The lowest BCUT2D eigenvalue weighted by molar-refractivity contribution is -0.0511. The van der Waals surface area contributed by atoms with Crippen molar-refractivity contribution < 1.29 is 20.1 Å². The number of hydrogen-bond donors (Lipinski definition) is 6. The number of aromatic nitrogens is 4. The van der Waals surface area contributed by atoms with E-state index in [9.17, 15) is 15.3 Å². The predicted molar refractivity (Wildman–Crippen MR) is 106 cm³/mol. The molecular formula is C17H20ClN7O4. The number of halogens is 1. The number of imidazole rings is 1. The molecule has 1 aromatic carbocycles. The first kappa shape index (κ1) is 19.6. The lowest BCUT2D eigenvalue weighted by atomic mass is 10.1. The third-order valence-corrected chi connectivity index (χ3v) is 5.25. The Hall–Kier alpha value is -2.70. The molecule has 0 aliphatic carbocycles. The van der Waals surface area contributed by atoms with Gasteiger partial charge in [0.05, 0.1) is 23.6 Å². The van der Waals surface area contributed by atoms with Crippen molar-refractivity contribution >= 4 is 40.0 Å². The van der Waals surface area contributed by atoms with Crippen LogP contribution in [0, 0.1) is 0 Å². The van der Waals surface area contributed by atoms with Crippen LogP contribution in [0.2, 0.25) is 5.02 Å². The van der Waals surface area contributed by atoms with Gasteiger partial charge in [-0.2, -0.15) is 0 Å². The second-order valence-electron chi connectivity index (χ2n) is 6.66. The van der Waals surface area contributed by atoms with E-state index in [1.807, 2.05) is 0 Å². The number of fused-ring (bicyclic) bond motifs is 1. The summed E-state index contributed by atoms with van der Waals surface area (Å²) >= 11 is 6.06. The fourth-order valence-electron chi connectivity index (χ4n) is 3.30. The standard InChI is InChI=1S/C17H20ClN7O4/c18-8-1-2-9(19)7(11(8)20)3-21-15-12-16(23-5-22-15)25(6-24-12)17-14(28)13(27)10(4-26)29-17/h1-2,5-6,10,13-14,17,26-28H,3-4,19-20H2,(H,21,22,23)/t10-,13-,14-,17?/m1/s1. The van der Waals surface area contributed by atoms with Crippen molar-refractivity contribution in [2.45, 2.75) is 31.1 Å². The summed E-state index contributed by atoms with van der Waals surface area (Å²) < 4.78 is 7.03. The molecule has 1 aliphatic rings. The molecule has 1 aliphatic heterocycles. The number of ether oxygens (including phenoxy) is 1. The van der Waals surface area contributed by atoms with E-state index in [1.165, 1.54) is 17.2 Å². The van der Waals surface area contributed by atoms with E-state index in [2.05, 4.69) is 20.3 Å². The third-order valence-electron chi connectivity index (χ3n) is 4.92. The lowest BCUT2D eigenvalue weighted by Gasteiger charge is -2.16. The van der Waals surface area contributed by atoms with Crippen molar-refractivity contribution in [2.75, 3.05) is 23.4 Å². The van der Waals surface area contributed by atoms with Crippen LogP contribution in [-0.2, 0) is 11.3 Å². The van der Waals surface area contributed by atoms with Crippen LogP contribution in [0.4, 0.5) is 17.2 Å². The molecule has 4 atom stereocenters. The molecule has 154 valence electrons. The van der Waals surface area contributed by atoms with E-state index in [4.69, 9.17) is 27.8 Å². The number of nitrogens with one attached hydrogen (secondary N) is 1. The SMILES string of the molecule is Nc1ccc(Cl)c(N)c1CNc1ncnc2c1ncn2C1O[C@H](CO)[C@@H](O)[C@H]1O. The maximum absolute atomic E-state index is 10.3. The van der Waals surface area contributed by atoms with Gasteiger partial charge in [0.25, 0.3) is 0 Å². The van der Waals surface area contributed by atoms with Crippen molar-refractivity contribution in [1.29, 1.82) is 0 Å². The Morgan fingerprint density at radius 3 is 2.69 bits per heavy atom. The molecule has 3 heterocycles. The van der Waals surface area contributed by atoms with E-state index in [1.54, 1.807) is 12.1 Å². The van der Waals surface area contributed by atoms with Gasteiger partial charge >= 0.3 is 0 Å². The summed E-state index contributed by atoms with van der Waals surface area (Å²) in [5, 5.41) is 33.1. The Morgan fingerprint density at radius 2 is 1.97 bits per heavy atom. The predicted octanol–water partition coefficient (Wildman–Crippen LogP) is -0.132. The highest BCUT2D eigenvalue weighted by Crippen LogP contribution is 2.33. The number of rotatable bonds is 5. The Balaban J connectivity index is 1.63. The minimum absolute atomic E-state index is 0.255. The van der Waals surface area contributed by atoms with Gasteiger partial charge in [0.1, 0.15) is 24.6 Å². The van der Waals surface area contributed by atoms with Crippen molar-refractivity contribution in [2.24, 2.45) is 0 Å². The van der Waals surface area contributed by atoms with E-state index in [-0.39, 0.29) is 6.54 Å². The minimum Gasteiger partial charge on any atom is -0.398 e. The Bertz CT molecular complexity index is 1050. The summed E-state index contributed by atoms with van der Waals surface area (Å²) in [5.41, 5.74) is 14.3. The fraction of sp³-hybridized carbons (Fsp3) is 0.353. The lowest BCUT2D eigenvalue weighted by Crippen LogP contribution is -2.33. The van der Waals surface area contributed by atoms with Gasteiger partial charge in [0.2, 0.25) is 0 Å². The topological polar surface area (TPSA) is 178 Å². The van der Waals surface area contributed by atoms with Gasteiger partial charge in [-0.15, -0.1) is 0 Å². The van der Waals surface area contributed by atoms with Crippen LogP contribution in [0.25, 0.3) is 11.2 Å². The van der Waals surface area contributed by atoms with Crippen molar-refractivity contribution in [3.8, 4) is 0 Å². The number of benzene rings is 1. The summed E-state index contributed by atoms with van der Waals surface area (Å²) in [6.07, 6.45) is -1.57. The summed E-state index contributed by atoms with van der Waals surface area (Å²) in [7, 11) is 0. The van der Waals surface area contributed by atoms with Gasteiger partial charge < -0.3 is 36.8 Å². The molecule has 29 heavy (non-hydrogen) atoms. The van der Waals surface area contributed by atoms with Crippen molar-refractivity contribution in [3.05, 3.63) is 35.4 Å². The Morgan fingerprint density at radius 1 is 1.17 bits per heavy atom. The van der Waals surface area contributed by atoms with Crippen LogP contribution in [0.3, 0.4) is 0 Å². The number of nitrogens with two attached hydrogens (primary N) is 2. The minimum atomic E-state index is -1.25. The molecule has 2 aromatic heterocycles. The maximum atomic E-state index is 10.3. The third kappa shape index (κ3) is 3.32. The monoisotopic (exact) mass is 421 g/mol. The number of nitrogen functional groups attached to an aromatic ring is 2. The molecule has 4 rings (SSSR count). The first-order chi connectivity index (χ1) is 13.9. The first-order valence-electron chi connectivity index (χ1n) is 8.78. The van der Waals surface area contributed by atoms with Gasteiger partial charge in [0.15, 0.2) is 23.2 Å². The Kier molecular flexibility index (Phi) is 5.15.